The Bertz CT molecular complexity index is 915. The van der Waals surface area contributed by atoms with E-state index in [2.05, 4.69) is 25.1 Å². The summed E-state index contributed by atoms with van der Waals surface area (Å²) in [6, 6.07) is 4.68. The number of benzene rings is 1. The number of halogens is 2. The lowest BCUT2D eigenvalue weighted by Gasteiger charge is -2.13. The number of allylic oxidation sites excluding steroid dienone is 7. The van der Waals surface area contributed by atoms with Crippen LogP contribution in [0.3, 0.4) is 0 Å². The third-order valence-electron chi connectivity index (χ3n) is 3.38. The van der Waals surface area contributed by atoms with Crippen LogP contribution >= 0.6 is 35.0 Å². The van der Waals surface area contributed by atoms with Crippen LogP contribution in [0, 0.1) is 0 Å². The molecule has 0 aliphatic rings. The molecule has 0 saturated heterocycles. The van der Waals surface area contributed by atoms with Crippen molar-refractivity contribution in [2.75, 3.05) is 0 Å². The number of carbonyl (C=O) groups excluding carboxylic acids is 1. The first-order valence-corrected chi connectivity index (χ1v) is 10.00. The smallest absolute Gasteiger partial charge is 0.255 e. The molecule has 1 aromatic carbocycles. The lowest BCUT2D eigenvalue weighted by molar-refractivity contribution is 0.0965. The van der Waals surface area contributed by atoms with Crippen molar-refractivity contribution in [2.45, 2.75) is 6.42 Å². The second-order valence-electron chi connectivity index (χ2n) is 5.60. The van der Waals surface area contributed by atoms with Crippen LogP contribution in [0.5, 0.6) is 0 Å². The Balaban J connectivity index is 2.98. The summed E-state index contributed by atoms with van der Waals surface area (Å²) in [4.78, 5) is 14.0. The summed E-state index contributed by atoms with van der Waals surface area (Å²) in [6.07, 6.45) is 11.9. The highest BCUT2D eigenvalue weighted by Gasteiger charge is 2.12. The van der Waals surface area contributed by atoms with Gasteiger partial charge in [0, 0.05) is 29.6 Å². The maximum Gasteiger partial charge on any atom is 0.255 e. The minimum absolute atomic E-state index is 0.304. The number of rotatable bonds is 10. The highest BCUT2D eigenvalue weighted by Crippen LogP contribution is 2.31. The average molecular weight is 448 g/mol. The van der Waals surface area contributed by atoms with E-state index in [0.717, 1.165) is 4.91 Å². The fraction of sp³-hybridized carbons (Fsp3) is 0.0455. The summed E-state index contributed by atoms with van der Waals surface area (Å²) in [6.45, 7) is 11.3. The zero-order valence-corrected chi connectivity index (χ0v) is 18.2. The van der Waals surface area contributed by atoms with Crippen LogP contribution in [-0.2, 0) is 0 Å². The first-order chi connectivity index (χ1) is 13.8. The lowest BCUT2D eigenvalue weighted by Crippen LogP contribution is -2.23. The summed E-state index contributed by atoms with van der Waals surface area (Å²) in [5, 5.41) is 3.55. The van der Waals surface area contributed by atoms with Gasteiger partial charge in [0.2, 0.25) is 0 Å². The van der Waals surface area contributed by atoms with Gasteiger partial charge in [0.25, 0.3) is 5.91 Å². The first kappa shape index (κ1) is 24.4. The summed E-state index contributed by atoms with van der Waals surface area (Å²) in [7, 11) is 0. The Kier molecular flexibility index (Phi) is 10.8. The van der Waals surface area contributed by atoms with E-state index in [0.29, 0.717) is 38.3 Å². The van der Waals surface area contributed by atoms with Crippen molar-refractivity contribution in [3.63, 3.8) is 0 Å². The molecule has 0 aromatic heterocycles. The predicted octanol–water partition coefficient (Wildman–Crippen LogP) is 5.82. The number of amides is 1. The number of thioether (sulfide) groups is 1. The third-order valence-corrected chi connectivity index (χ3v) is 5.14. The van der Waals surface area contributed by atoms with Crippen molar-refractivity contribution in [3.05, 3.63) is 117 Å². The van der Waals surface area contributed by atoms with E-state index in [1.165, 1.54) is 24.0 Å². The van der Waals surface area contributed by atoms with Crippen molar-refractivity contribution >= 4 is 40.9 Å². The second kappa shape index (κ2) is 12.8. The predicted molar refractivity (Wildman–Crippen MR) is 127 cm³/mol. The zero-order valence-electron chi connectivity index (χ0n) is 15.8. The van der Waals surface area contributed by atoms with Gasteiger partial charge in [0.1, 0.15) is 0 Å². The quantitative estimate of drug-likeness (QED) is 0.394. The van der Waals surface area contributed by atoms with Gasteiger partial charge in [-0.2, -0.15) is 0 Å². The van der Waals surface area contributed by atoms with Gasteiger partial charge in [-0.05, 0) is 35.3 Å². The number of carbonyl (C=O) groups is 1. The molecular weight excluding hydrogens is 425 g/mol. The lowest BCUT2D eigenvalue weighted by atomic mass is 10.2. The van der Waals surface area contributed by atoms with Crippen molar-refractivity contribution in [2.24, 2.45) is 11.5 Å². The maximum absolute atomic E-state index is 12.6. The largest absolute Gasteiger partial charge is 0.404 e. The number of hydrogen-bond acceptors (Lipinski definition) is 4. The van der Waals surface area contributed by atoms with Gasteiger partial charge >= 0.3 is 0 Å². The van der Waals surface area contributed by atoms with Crippen LogP contribution in [0.1, 0.15) is 16.8 Å². The number of nitrogens with two attached hydrogens (primary N) is 2. The molecule has 1 amide bonds. The summed E-state index contributed by atoms with van der Waals surface area (Å²) in [5.74, 6) is -0.319. The molecule has 1 rings (SSSR count). The summed E-state index contributed by atoms with van der Waals surface area (Å²) >= 11 is 13.2. The molecule has 0 aliphatic carbocycles. The Labute approximate surface area is 186 Å². The molecule has 0 unspecified atom stereocenters. The van der Waals surface area contributed by atoms with E-state index >= 15 is 0 Å². The second-order valence-corrected chi connectivity index (χ2v) is 7.64. The molecule has 29 heavy (non-hydrogen) atoms. The van der Waals surface area contributed by atoms with Crippen LogP contribution in [0.15, 0.2) is 102 Å². The topological polar surface area (TPSA) is 81.1 Å². The SMILES string of the molecule is C=C/C=C\C=C(/CC(=C)SC(=C/N)/C(N)=C\C=C)NC(=O)c1ccc(Cl)c(Cl)c1. The Morgan fingerprint density at radius 2 is 1.86 bits per heavy atom. The van der Waals surface area contributed by atoms with Crippen molar-refractivity contribution < 1.29 is 4.79 Å². The van der Waals surface area contributed by atoms with Crippen LogP contribution in [0.25, 0.3) is 0 Å². The van der Waals surface area contributed by atoms with Gasteiger partial charge in [-0.15, -0.1) is 0 Å². The highest BCUT2D eigenvalue weighted by molar-refractivity contribution is 8.06. The van der Waals surface area contributed by atoms with Gasteiger partial charge in [0.05, 0.1) is 15.0 Å². The summed E-state index contributed by atoms with van der Waals surface area (Å²) < 4.78 is 0. The third kappa shape index (κ3) is 8.52. The maximum atomic E-state index is 12.6. The molecule has 5 N–H and O–H groups in total. The molecule has 0 spiro atoms. The van der Waals surface area contributed by atoms with Gasteiger partial charge in [-0.3, -0.25) is 4.79 Å². The molecule has 152 valence electrons. The molecule has 0 radical (unpaired) electrons. The van der Waals surface area contributed by atoms with E-state index in [1.54, 1.807) is 48.6 Å². The Morgan fingerprint density at radius 1 is 1.14 bits per heavy atom. The van der Waals surface area contributed by atoms with Gasteiger partial charge in [-0.1, -0.05) is 79.0 Å². The van der Waals surface area contributed by atoms with Gasteiger partial charge in [-0.25, -0.2) is 0 Å². The van der Waals surface area contributed by atoms with Crippen molar-refractivity contribution in [3.8, 4) is 0 Å². The van der Waals surface area contributed by atoms with Crippen molar-refractivity contribution in [1.29, 1.82) is 0 Å². The van der Waals surface area contributed by atoms with Gasteiger partial charge in [0.15, 0.2) is 0 Å². The minimum atomic E-state index is -0.319. The molecule has 0 heterocycles. The first-order valence-electron chi connectivity index (χ1n) is 8.43. The van der Waals surface area contributed by atoms with E-state index < -0.39 is 0 Å². The molecule has 7 heteroatoms. The molecule has 0 aliphatic heterocycles. The zero-order chi connectivity index (χ0) is 21.8. The van der Waals surface area contributed by atoms with Crippen LogP contribution in [0.4, 0.5) is 0 Å². The molecule has 0 atom stereocenters. The van der Waals surface area contributed by atoms with E-state index in [1.807, 2.05) is 0 Å². The molecule has 0 saturated carbocycles. The van der Waals surface area contributed by atoms with Crippen LogP contribution < -0.4 is 16.8 Å². The molecule has 1 aromatic rings. The van der Waals surface area contributed by atoms with E-state index in [-0.39, 0.29) is 5.91 Å². The average Bonchev–Trinajstić information content (AvgIpc) is 2.68. The Hall–Kier alpha value is -2.60. The Morgan fingerprint density at radius 3 is 2.45 bits per heavy atom. The van der Waals surface area contributed by atoms with Crippen molar-refractivity contribution in [1.82, 2.24) is 5.32 Å². The minimum Gasteiger partial charge on any atom is -0.404 e. The van der Waals surface area contributed by atoms with E-state index in [4.69, 9.17) is 34.7 Å². The molecule has 0 fully saturated rings. The molecule has 0 bridgehead atoms. The summed E-state index contributed by atoms with van der Waals surface area (Å²) in [5.41, 5.74) is 13.1. The molecular formula is C22H23Cl2N3OS. The molecule has 4 nitrogen and oxygen atoms in total. The van der Waals surface area contributed by atoms with Gasteiger partial charge < -0.3 is 16.8 Å². The highest BCUT2D eigenvalue weighted by atomic mass is 35.5. The van der Waals surface area contributed by atoms with E-state index in [9.17, 15) is 4.79 Å². The van der Waals surface area contributed by atoms with Crippen LogP contribution in [-0.4, -0.2) is 5.91 Å². The standard InChI is InChI=1S/C22H23Cl2N3OS/c1-4-6-7-9-17(12-15(3)29-21(14-25)20(26)8-5-2)27-22(28)16-10-11-18(23)19(24)13-16/h4-11,13-14H,1-3,12,25-26H2,(H,27,28)/b7-6-,17-9+,20-8+,21-14+. The normalized spacial score (nSPS) is 12.7. The van der Waals surface area contributed by atoms with Crippen LogP contribution in [0.2, 0.25) is 10.0 Å². The monoisotopic (exact) mass is 447 g/mol. The number of hydrogen-bond donors (Lipinski definition) is 3. The fourth-order valence-corrected chi connectivity index (χ4v) is 3.14. The number of nitrogens with one attached hydrogen (secondary N) is 1. The fourth-order valence-electron chi connectivity index (χ4n) is 2.05.